The Kier molecular flexibility index (Phi) is 3.44. The predicted molar refractivity (Wildman–Crippen MR) is 66.6 cm³/mol. The molecule has 2 rings (SSSR count). The molecule has 0 unspecified atom stereocenters. The number of hydrogen-bond acceptors (Lipinski definition) is 3. The molecule has 1 heterocycles. The van der Waals surface area contributed by atoms with Gasteiger partial charge >= 0.3 is 0 Å². The Bertz CT molecular complexity index is 505. The van der Waals surface area contributed by atoms with Crippen molar-refractivity contribution in [2.24, 2.45) is 12.8 Å². The molecule has 1 aromatic carbocycles. The van der Waals surface area contributed by atoms with Crippen LogP contribution >= 0.6 is 0 Å². The molecule has 0 radical (unpaired) electrons. The minimum absolute atomic E-state index is 0.488. The first-order valence-electron chi connectivity index (χ1n) is 5.60. The third kappa shape index (κ3) is 2.47. The fourth-order valence-electron chi connectivity index (χ4n) is 1.65. The molecule has 0 bridgehead atoms. The van der Waals surface area contributed by atoms with Gasteiger partial charge < -0.3 is 10.5 Å². The summed E-state index contributed by atoms with van der Waals surface area (Å²) in [4.78, 5) is 0. The summed E-state index contributed by atoms with van der Waals surface area (Å²) in [5.74, 6) is 0.846. The summed E-state index contributed by atoms with van der Waals surface area (Å²) in [5, 5.41) is 4.18. The Morgan fingerprint density at radius 1 is 1.29 bits per heavy atom. The maximum atomic E-state index is 5.77. The van der Waals surface area contributed by atoms with Gasteiger partial charge in [0.05, 0.1) is 6.20 Å². The SMILES string of the molecule is Cc1c(COc2ccccc2CN)cnn1C. The summed E-state index contributed by atoms with van der Waals surface area (Å²) < 4.78 is 7.62. The molecule has 0 atom stereocenters. The van der Waals surface area contributed by atoms with Gasteiger partial charge in [-0.15, -0.1) is 0 Å². The summed E-state index contributed by atoms with van der Waals surface area (Å²) in [5.41, 5.74) is 8.90. The maximum Gasteiger partial charge on any atom is 0.124 e. The zero-order valence-corrected chi connectivity index (χ0v) is 10.2. The smallest absolute Gasteiger partial charge is 0.124 e. The highest BCUT2D eigenvalue weighted by atomic mass is 16.5. The Morgan fingerprint density at radius 2 is 2.06 bits per heavy atom. The van der Waals surface area contributed by atoms with Gasteiger partial charge in [0.2, 0.25) is 0 Å². The van der Waals surface area contributed by atoms with E-state index in [-0.39, 0.29) is 0 Å². The van der Waals surface area contributed by atoms with Crippen LogP contribution in [0.25, 0.3) is 0 Å². The Hall–Kier alpha value is -1.81. The average Bonchev–Trinajstić information content (AvgIpc) is 2.68. The van der Waals surface area contributed by atoms with Crippen molar-refractivity contribution in [3.63, 3.8) is 0 Å². The molecule has 2 N–H and O–H groups in total. The highest BCUT2D eigenvalue weighted by Crippen LogP contribution is 2.19. The second-order valence-corrected chi connectivity index (χ2v) is 3.98. The Balaban J connectivity index is 2.10. The average molecular weight is 231 g/mol. The normalized spacial score (nSPS) is 10.5. The van der Waals surface area contributed by atoms with Crippen molar-refractivity contribution in [3.8, 4) is 5.75 Å². The molecule has 1 aromatic heterocycles. The van der Waals surface area contributed by atoms with Crippen molar-refractivity contribution < 1.29 is 4.74 Å². The highest BCUT2D eigenvalue weighted by Gasteiger charge is 2.06. The van der Waals surface area contributed by atoms with E-state index in [0.717, 1.165) is 22.6 Å². The van der Waals surface area contributed by atoms with Crippen LogP contribution in [0.15, 0.2) is 30.5 Å². The molecule has 0 aliphatic rings. The van der Waals surface area contributed by atoms with E-state index in [4.69, 9.17) is 10.5 Å². The van der Waals surface area contributed by atoms with Gasteiger partial charge in [0.15, 0.2) is 0 Å². The molecule has 4 nitrogen and oxygen atoms in total. The molecule has 90 valence electrons. The molecule has 2 aromatic rings. The van der Waals surface area contributed by atoms with Crippen LogP contribution in [0.1, 0.15) is 16.8 Å². The first-order chi connectivity index (χ1) is 8.22. The van der Waals surface area contributed by atoms with Crippen LogP contribution < -0.4 is 10.5 Å². The van der Waals surface area contributed by atoms with E-state index in [1.165, 1.54) is 0 Å². The lowest BCUT2D eigenvalue weighted by Gasteiger charge is -2.09. The van der Waals surface area contributed by atoms with Crippen molar-refractivity contribution in [2.75, 3.05) is 0 Å². The fourth-order valence-corrected chi connectivity index (χ4v) is 1.65. The zero-order chi connectivity index (χ0) is 12.3. The number of para-hydroxylation sites is 1. The molecule has 0 fully saturated rings. The highest BCUT2D eigenvalue weighted by molar-refractivity contribution is 5.33. The maximum absolute atomic E-state index is 5.77. The lowest BCUT2D eigenvalue weighted by molar-refractivity contribution is 0.302. The van der Waals surface area contributed by atoms with Gasteiger partial charge in [-0.2, -0.15) is 5.10 Å². The molecule has 17 heavy (non-hydrogen) atoms. The summed E-state index contributed by atoms with van der Waals surface area (Å²) >= 11 is 0. The van der Waals surface area contributed by atoms with Crippen LogP contribution in [0.2, 0.25) is 0 Å². The molecule has 0 saturated carbocycles. The number of nitrogens with zero attached hydrogens (tertiary/aromatic N) is 2. The number of nitrogens with two attached hydrogens (primary N) is 1. The van der Waals surface area contributed by atoms with Gasteiger partial charge in [0.25, 0.3) is 0 Å². The quantitative estimate of drug-likeness (QED) is 0.872. The number of aromatic nitrogens is 2. The molecular weight excluding hydrogens is 214 g/mol. The molecule has 0 amide bonds. The van der Waals surface area contributed by atoms with Gasteiger partial charge in [0.1, 0.15) is 12.4 Å². The minimum atomic E-state index is 0.488. The van der Waals surface area contributed by atoms with E-state index in [2.05, 4.69) is 5.10 Å². The second-order valence-electron chi connectivity index (χ2n) is 3.98. The van der Waals surface area contributed by atoms with Gasteiger partial charge in [-0.05, 0) is 13.0 Å². The third-order valence-electron chi connectivity index (χ3n) is 2.91. The van der Waals surface area contributed by atoms with E-state index in [9.17, 15) is 0 Å². The molecule has 0 saturated heterocycles. The Labute approximate surface area is 101 Å². The van der Waals surface area contributed by atoms with Crippen molar-refractivity contribution in [3.05, 3.63) is 47.3 Å². The zero-order valence-electron chi connectivity index (χ0n) is 10.2. The summed E-state index contributed by atoms with van der Waals surface area (Å²) in [6.07, 6.45) is 1.83. The van der Waals surface area contributed by atoms with Crippen LogP contribution in [-0.4, -0.2) is 9.78 Å². The largest absolute Gasteiger partial charge is 0.488 e. The summed E-state index contributed by atoms with van der Waals surface area (Å²) in [7, 11) is 1.92. The van der Waals surface area contributed by atoms with Gasteiger partial charge in [-0.25, -0.2) is 0 Å². The fraction of sp³-hybridized carbons (Fsp3) is 0.308. The molecule has 0 aliphatic carbocycles. The number of hydrogen-bond donors (Lipinski definition) is 1. The van der Waals surface area contributed by atoms with Gasteiger partial charge in [-0.3, -0.25) is 4.68 Å². The monoisotopic (exact) mass is 231 g/mol. The van der Waals surface area contributed by atoms with Crippen LogP contribution in [0.3, 0.4) is 0 Å². The van der Waals surface area contributed by atoms with E-state index in [0.29, 0.717) is 13.2 Å². The van der Waals surface area contributed by atoms with Crippen LogP contribution in [0.5, 0.6) is 5.75 Å². The van der Waals surface area contributed by atoms with Crippen molar-refractivity contribution >= 4 is 0 Å². The first kappa shape index (κ1) is 11.7. The predicted octanol–water partition coefficient (Wildman–Crippen LogP) is 1.77. The summed E-state index contributed by atoms with van der Waals surface area (Å²) in [6, 6.07) is 7.83. The molecule has 0 aliphatic heterocycles. The number of rotatable bonds is 4. The molecule has 0 spiro atoms. The first-order valence-corrected chi connectivity index (χ1v) is 5.60. The number of benzene rings is 1. The molecular formula is C13H17N3O. The third-order valence-corrected chi connectivity index (χ3v) is 2.91. The lowest BCUT2D eigenvalue weighted by atomic mass is 10.2. The van der Waals surface area contributed by atoms with Crippen LogP contribution in [0, 0.1) is 6.92 Å². The van der Waals surface area contributed by atoms with E-state index in [1.54, 1.807) is 0 Å². The van der Waals surface area contributed by atoms with Crippen molar-refractivity contribution in [1.29, 1.82) is 0 Å². The lowest BCUT2D eigenvalue weighted by Crippen LogP contribution is -2.03. The number of ether oxygens (including phenoxy) is 1. The van der Waals surface area contributed by atoms with E-state index < -0.39 is 0 Å². The Morgan fingerprint density at radius 3 is 2.71 bits per heavy atom. The molecule has 4 heteroatoms. The van der Waals surface area contributed by atoms with E-state index in [1.807, 2.05) is 49.1 Å². The van der Waals surface area contributed by atoms with Crippen molar-refractivity contribution in [1.82, 2.24) is 9.78 Å². The van der Waals surface area contributed by atoms with Crippen LogP contribution in [0.4, 0.5) is 0 Å². The van der Waals surface area contributed by atoms with Crippen molar-refractivity contribution in [2.45, 2.75) is 20.1 Å². The standard InChI is InChI=1S/C13H17N3O/c1-10-12(8-15-16(10)2)9-17-13-6-4-3-5-11(13)7-14/h3-6,8H,7,9,14H2,1-2H3. The number of aryl methyl sites for hydroxylation is 1. The van der Waals surface area contributed by atoms with Gasteiger partial charge in [0, 0.05) is 30.4 Å². The van der Waals surface area contributed by atoms with Crippen LogP contribution in [-0.2, 0) is 20.2 Å². The minimum Gasteiger partial charge on any atom is -0.488 e. The summed E-state index contributed by atoms with van der Waals surface area (Å²) in [6.45, 7) is 3.04. The topological polar surface area (TPSA) is 53.1 Å². The second kappa shape index (κ2) is 5.01. The van der Waals surface area contributed by atoms with E-state index >= 15 is 0 Å². The van der Waals surface area contributed by atoms with Gasteiger partial charge in [-0.1, -0.05) is 18.2 Å².